The lowest BCUT2D eigenvalue weighted by Crippen LogP contribution is -2.26. The zero-order valence-electron chi connectivity index (χ0n) is 8.62. The van der Waals surface area contributed by atoms with Gasteiger partial charge in [0.15, 0.2) is 0 Å². The van der Waals surface area contributed by atoms with Crippen LogP contribution in [-0.4, -0.2) is 18.0 Å². The summed E-state index contributed by atoms with van der Waals surface area (Å²) < 4.78 is 1.06. The molecule has 2 rings (SSSR count). The minimum atomic E-state index is 0.826. The molecule has 15 heavy (non-hydrogen) atoms. The highest BCUT2D eigenvalue weighted by molar-refractivity contribution is 9.10. The number of halogens is 1. The number of anilines is 1. The van der Waals surface area contributed by atoms with Crippen molar-refractivity contribution in [2.24, 2.45) is 0 Å². The summed E-state index contributed by atoms with van der Waals surface area (Å²) >= 11 is 3.47. The number of hydrogen-bond donors (Lipinski definition) is 1. The molecule has 1 aliphatic heterocycles. The first-order chi connectivity index (χ1) is 7.24. The molecule has 0 spiro atoms. The fraction of sp³-hybridized carbons (Fsp3) is 0.333. The Labute approximate surface area is 98.9 Å². The largest absolute Gasteiger partial charge is 0.399 e. The first-order valence-electron chi connectivity index (χ1n) is 5.16. The molecule has 1 aromatic carbocycles. The van der Waals surface area contributed by atoms with Crippen LogP contribution in [-0.2, 0) is 6.54 Å². The van der Waals surface area contributed by atoms with Gasteiger partial charge in [0.25, 0.3) is 0 Å². The van der Waals surface area contributed by atoms with Crippen molar-refractivity contribution < 1.29 is 0 Å². The fourth-order valence-corrected chi connectivity index (χ4v) is 2.42. The topological polar surface area (TPSA) is 29.3 Å². The lowest BCUT2D eigenvalue weighted by Gasteiger charge is -2.23. The number of benzene rings is 1. The fourth-order valence-electron chi connectivity index (χ4n) is 1.86. The summed E-state index contributed by atoms with van der Waals surface area (Å²) in [4.78, 5) is 2.42. The van der Waals surface area contributed by atoms with E-state index < -0.39 is 0 Å². The third kappa shape index (κ3) is 3.08. The van der Waals surface area contributed by atoms with Gasteiger partial charge in [0.1, 0.15) is 0 Å². The van der Waals surface area contributed by atoms with E-state index >= 15 is 0 Å². The standard InChI is InChI=1S/C12H15BrN2/c13-11-6-10(7-12(14)8-11)9-15-4-2-1-3-5-15/h1-2,6-8H,3-5,9,14H2. The number of nitrogens with two attached hydrogens (primary N) is 1. The molecule has 3 heteroatoms. The van der Waals surface area contributed by atoms with E-state index in [1.807, 2.05) is 12.1 Å². The van der Waals surface area contributed by atoms with Gasteiger partial charge in [0.05, 0.1) is 0 Å². The first kappa shape index (κ1) is 10.7. The number of nitrogen functional groups attached to an aromatic ring is 1. The van der Waals surface area contributed by atoms with Crippen molar-refractivity contribution in [3.05, 3.63) is 40.4 Å². The van der Waals surface area contributed by atoms with Crippen molar-refractivity contribution in [1.82, 2.24) is 4.90 Å². The monoisotopic (exact) mass is 266 g/mol. The van der Waals surface area contributed by atoms with E-state index in [0.717, 1.165) is 36.2 Å². The Morgan fingerprint density at radius 3 is 2.80 bits per heavy atom. The van der Waals surface area contributed by atoms with Crippen molar-refractivity contribution in [2.75, 3.05) is 18.8 Å². The minimum Gasteiger partial charge on any atom is -0.399 e. The Morgan fingerprint density at radius 1 is 1.27 bits per heavy atom. The lowest BCUT2D eigenvalue weighted by atomic mass is 10.1. The second kappa shape index (κ2) is 4.81. The molecule has 0 saturated carbocycles. The Morgan fingerprint density at radius 2 is 2.13 bits per heavy atom. The third-order valence-corrected chi connectivity index (χ3v) is 2.99. The predicted molar refractivity (Wildman–Crippen MR) is 67.6 cm³/mol. The maximum atomic E-state index is 5.80. The summed E-state index contributed by atoms with van der Waals surface area (Å²) in [6, 6.07) is 6.11. The van der Waals surface area contributed by atoms with Gasteiger partial charge in [-0.15, -0.1) is 0 Å². The first-order valence-corrected chi connectivity index (χ1v) is 5.95. The molecule has 1 aliphatic rings. The summed E-state index contributed by atoms with van der Waals surface area (Å²) in [6.07, 6.45) is 5.63. The van der Waals surface area contributed by atoms with Crippen molar-refractivity contribution in [2.45, 2.75) is 13.0 Å². The highest BCUT2D eigenvalue weighted by atomic mass is 79.9. The van der Waals surface area contributed by atoms with Crippen LogP contribution in [0, 0.1) is 0 Å². The van der Waals surface area contributed by atoms with Crippen molar-refractivity contribution >= 4 is 21.6 Å². The maximum Gasteiger partial charge on any atom is 0.0328 e. The van der Waals surface area contributed by atoms with Gasteiger partial charge >= 0.3 is 0 Å². The number of nitrogens with zero attached hydrogens (tertiary/aromatic N) is 1. The molecule has 1 aromatic rings. The summed E-state index contributed by atoms with van der Waals surface area (Å²) in [5, 5.41) is 0. The van der Waals surface area contributed by atoms with Crippen LogP contribution in [0.2, 0.25) is 0 Å². The van der Waals surface area contributed by atoms with E-state index in [1.54, 1.807) is 0 Å². The number of rotatable bonds is 2. The van der Waals surface area contributed by atoms with Crippen LogP contribution in [0.3, 0.4) is 0 Å². The van der Waals surface area contributed by atoms with Gasteiger partial charge in [-0.05, 0) is 30.2 Å². The van der Waals surface area contributed by atoms with E-state index in [-0.39, 0.29) is 0 Å². The predicted octanol–water partition coefficient (Wildman–Crippen LogP) is 2.79. The smallest absolute Gasteiger partial charge is 0.0328 e. The molecule has 0 radical (unpaired) electrons. The normalized spacial score (nSPS) is 16.9. The van der Waals surface area contributed by atoms with Crippen LogP contribution in [0.4, 0.5) is 5.69 Å². The molecule has 0 amide bonds. The molecule has 0 aromatic heterocycles. The molecule has 80 valence electrons. The zero-order chi connectivity index (χ0) is 10.7. The molecule has 2 N–H and O–H groups in total. The summed E-state index contributed by atoms with van der Waals surface area (Å²) in [5.74, 6) is 0. The molecule has 0 atom stereocenters. The molecular weight excluding hydrogens is 252 g/mol. The minimum absolute atomic E-state index is 0.826. The SMILES string of the molecule is Nc1cc(Br)cc(CN2CC=CCC2)c1. The van der Waals surface area contributed by atoms with Crippen LogP contribution in [0.25, 0.3) is 0 Å². The quantitative estimate of drug-likeness (QED) is 0.659. The van der Waals surface area contributed by atoms with Gasteiger partial charge in [-0.3, -0.25) is 4.90 Å². The molecule has 0 saturated heterocycles. The van der Waals surface area contributed by atoms with E-state index in [1.165, 1.54) is 5.56 Å². The van der Waals surface area contributed by atoms with Gasteiger partial charge in [-0.2, -0.15) is 0 Å². The third-order valence-electron chi connectivity index (χ3n) is 2.53. The van der Waals surface area contributed by atoms with E-state index in [9.17, 15) is 0 Å². The van der Waals surface area contributed by atoms with Crippen molar-refractivity contribution in [3.8, 4) is 0 Å². The highest BCUT2D eigenvalue weighted by Gasteiger charge is 2.07. The Kier molecular flexibility index (Phi) is 3.44. The molecule has 2 nitrogen and oxygen atoms in total. The van der Waals surface area contributed by atoms with Gasteiger partial charge in [-0.25, -0.2) is 0 Å². The summed E-state index contributed by atoms with van der Waals surface area (Å²) in [7, 11) is 0. The average Bonchev–Trinajstić information content (AvgIpc) is 2.17. The van der Waals surface area contributed by atoms with Gasteiger partial charge in [0, 0.05) is 29.8 Å². The summed E-state index contributed by atoms with van der Waals surface area (Å²) in [6.45, 7) is 3.17. The number of hydrogen-bond acceptors (Lipinski definition) is 2. The second-order valence-electron chi connectivity index (χ2n) is 3.89. The van der Waals surface area contributed by atoms with E-state index in [0.29, 0.717) is 0 Å². The molecule has 0 unspecified atom stereocenters. The maximum absolute atomic E-state index is 5.80. The van der Waals surface area contributed by atoms with Gasteiger partial charge in [0.2, 0.25) is 0 Å². The van der Waals surface area contributed by atoms with Crippen molar-refractivity contribution in [3.63, 3.8) is 0 Å². The van der Waals surface area contributed by atoms with Crippen LogP contribution in [0.1, 0.15) is 12.0 Å². The van der Waals surface area contributed by atoms with Crippen LogP contribution in [0.15, 0.2) is 34.8 Å². The average molecular weight is 267 g/mol. The Bertz CT molecular complexity index is 354. The lowest BCUT2D eigenvalue weighted by molar-refractivity contribution is 0.291. The molecule has 0 aliphatic carbocycles. The van der Waals surface area contributed by atoms with Gasteiger partial charge < -0.3 is 5.73 Å². The van der Waals surface area contributed by atoms with E-state index in [4.69, 9.17) is 5.73 Å². The van der Waals surface area contributed by atoms with E-state index in [2.05, 4.69) is 39.0 Å². The van der Waals surface area contributed by atoms with Crippen LogP contribution >= 0.6 is 15.9 Å². The molecular formula is C12H15BrN2. The van der Waals surface area contributed by atoms with Crippen LogP contribution in [0.5, 0.6) is 0 Å². The Hall–Kier alpha value is -0.800. The molecule has 1 heterocycles. The molecule has 0 bridgehead atoms. The van der Waals surface area contributed by atoms with Gasteiger partial charge in [-0.1, -0.05) is 28.1 Å². The van der Waals surface area contributed by atoms with Crippen molar-refractivity contribution in [1.29, 1.82) is 0 Å². The van der Waals surface area contributed by atoms with Crippen LogP contribution < -0.4 is 5.73 Å². The second-order valence-corrected chi connectivity index (χ2v) is 4.80. The molecule has 0 fully saturated rings. The Balaban J connectivity index is 2.06. The highest BCUT2D eigenvalue weighted by Crippen LogP contribution is 2.19. The zero-order valence-corrected chi connectivity index (χ0v) is 10.2. The summed E-state index contributed by atoms with van der Waals surface area (Å²) in [5.41, 5.74) is 7.90.